The Hall–Kier alpha value is -1.83. The Bertz CT molecular complexity index is 591. The van der Waals surface area contributed by atoms with Gasteiger partial charge in [-0.2, -0.15) is 0 Å². The van der Waals surface area contributed by atoms with Crippen LogP contribution >= 0.6 is 0 Å². The number of amides is 4. The molecule has 4 amide bonds. The predicted molar refractivity (Wildman–Crippen MR) is 105 cm³/mol. The molecule has 0 aromatic heterocycles. The number of rotatable bonds is 8. The molecule has 3 aliphatic rings. The summed E-state index contributed by atoms with van der Waals surface area (Å²) in [5.74, 6) is 0.195. The number of hydrogen-bond donors (Lipinski definition) is 1. The Morgan fingerprint density at radius 1 is 1.18 bits per heavy atom. The third kappa shape index (κ3) is 4.59. The Morgan fingerprint density at radius 2 is 1.86 bits per heavy atom. The Morgan fingerprint density at radius 3 is 2.50 bits per heavy atom. The van der Waals surface area contributed by atoms with Crippen molar-refractivity contribution < 1.29 is 19.1 Å². The van der Waals surface area contributed by atoms with Crippen LogP contribution in [0, 0.1) is 5.92 Å². The summed E-state index contributed by atoms with van der Waals surface area (Å²) >= 11 is 0. The molecule has 1 N–H and O–H groups in total. The lowest BCUT2D eigenvalue weighted by Gasteiger charge is -2.42. The van der Waals surface area contributed by atoms with E-state index in [1.54, 1.807) is 16.9 Å². The van der Waals surface area contributed by atoms with Gasteiger partial charge in [-0.3, -0.25) is 9.59 Å². The Labute approximate surface area is 167 Å². The number of hydrogen-bond acceptors (Lipinski definition) is 4. The van der Waals surface area contributed by atoms with Gasteiger partial charge in [-0.25, -0.2) is 4.79 Å². The van der Waals surface area contributed by atoms with Gasteiger partial charge in [-0.15, -0.1) is 0 Å². The maximum absolute atomic E-state index is 13.0. The zero-order valence-electron chi connectivity index (χ0n) is 17.4. The van der Waals surface area contributed by atoms with Gasteiger partial charge in [0.05, 0.1) is 12.6 Å². The molecule has 28 heavy (non-hydrogen) atoms. The molecule has 0 aromatic carbocycles. The Kier molecular flexibility index (Phi) is 6.80. The fraction of sp³-hybridized carbons (Fsp3) is 0.850. The summed E-state index contributed by atoms with van der Waals surface area (Å²) in [6.45, 7) is 6.20. The first kappa shape index (κ1) is 20.9. The second kappa shape index (κ2) is 9.11. The van der Waals surface area contributed by atoms with Crippen molar-refractivity contribution >= 4 is 17.8 Å². The molecule has 8 nitrogen and oxygen atoms in total. The quantitative estimate of drug-likeness (QED) is 0.667. The molecule has 3 fully saturated rings. The molecule has 158 valence electrons. The van der Waals surface area contributed by atoms with Gasteiger partial charge in [0.2, 0.25) is 11.8 Å². The van der Waals surface area contributed by atoms with Crippen molar-refractivity contribution in [3.8, 4) is 0 Å². The van der Waals surface area contributed by atoms with Crippen molar-refractivity contribution in [3.63, 3.8) is 0 Å². The van der Waals surface area contributed by atoms with Crippen molar-refractivity contribution in [2.24, 2.45) is 5.92 Å². The normalized spacial score (nSPS) is 25.8. The van der Waals surface area contributed by atoms with Crippen LogP contribution in [-0.2, 0) is 14.3 Å². The molecule has 0 aromatic rings. The first-order chi connectivity index (χ1) is 13.4. The van der Waals surface area contributed by atoms with Crippen LogP contribution in [0.2, 0.25) is 0 Å². The van der Waals surface area contributed by atoms with E-state index in [4.69, 9.17) is 4.74 Å². The van der Waals surface area contributed by atoms with E-state index in [1.165, 1.54) is 0 Å². The smallest absolute Gasteiger partial charge is 0.321 e. The van der Waals surface area contributed by atoms with E-state index >= 15 is 0 Å². The summed E-state index contributed by atoms with van der Waals surface area (Å²) in [5.41, 5.74) is 0. The number of carbonyl (C=O) groups is 3. The third-order valence-electron chi connectivity index (χ3n) is 5.99. The number of nitrogens with zero attached hydrogens (tertiary/aromatic N) is 3. The lowest BCUT2D eigenvalue weighted by atomic mass is 9.97. The molecule has 0 unspecified atom stereocenters. The number of ether oxygens (including phenoxy) is 1. The first-order valence-corrected chi connectivity index (χ1v) is 10.5. The highest BCUT2D eigenvalue weighted by molar-refractivity contribution is 5.92. The number of carbonyl (C=O) groups excluding carboxylic acids is 3. The van der Waals surface area contributed by atoms with E-state index in [1.807, 2.05) is 4.90 Å². The molecule has 2 heterocycles. The van der Waals surface area contributed by atoms with Gasteiger partial charge in [0.25, 0.3) is 0 Å². The summed E-state index contributed by atoms with van der Waals surface area (Å²) < 4.78 is 5.14. The van der Waals surface area contributed by atoms with E-state index in [0.717, 1.165) is 25.7 Å². The molecular weight excluding hydrogens is 360 g/mol. The molecule has 0 radical (unpaired) electrons. The van der Waals surface area contributed by atoms with E-state index < -0.39 is 6.04 Å². The Balaban J connectivity index is 1.67. The van der Waals surface area contributed by atoms with Crippen molar-refractivity contribution in [1.82, 2.24) is 20.0 Å². The van der Waals surface area contributed by atoms with Gasteiger partial charge in [-0.05, 0) is 25.2 Å². The maximum Gasteiger partial charge on any atom is 0.321 e. The second-order valence-corrected chi connectivity index (χ2v) is 8.70. The van der Waals surface area contributed by atoms with Crippen molar-refractivity contribution in [2.45, 2.75) is 64.1 Å². The van der Waals surface area contributed by atoms with Gasteiger partial charge in [0.15, 0.2) is 0 Å². The highest BCUT2D eigenvalue weighted by Gasteiger charge is 2.49. The minimum Gasteiger partial charge on any atom is -0.383 e. The van der Waals surface area contributed by atoms with E-state index in [9.17, 15) is 14.4 Å². The van der Waals surface area contributed by atoms with Gasteiger partial charge in [-0.1, -0.05) is 26.7 Å². The lowest BCUT2D eigenvalue weighted by Crippen LogP contribution is -2.61. The molecule has 1 aliphatic carbocycles. The highest BCUT2D eigenvalue weighted by Crippen LogP contribution is 2.29. The molecule has 2 atom stereocenters. The standard InChI is InChI=1S/C20H34N4O4/c1-14(2)10-17-19(26)22(8-9-28-3)11-16-12-23(20(27)24(16)17)13-18(25)21-15-6-4-5-7-15/h14-17H,4-13H2,1-3H3,(H,21,25)/t16-,17-/m0/s1. The van der Waals surface area contributed by atoms with Crippen molar-refractivity contribution in [2.75, 3.05) is 39.9 Å². The van der Waals surface area contributed by atoms with Crippen LogP contribution in [0.4, 0.5) is 4.79 Å². The molecule has 0 bridgehead atoms. The monoisotopic (exact) mass is 394 g/mol. The number of urea groups is 1. The SMILES string of the molecule is COCCN1C[C@H]2CN(CC(=O)NC3CCCC3)C(=O)N2[C@@H](CC(C)C)C1=O. The van der Waals surface area contributed by atoms with Crippen LogP contribution in [-0.4, -0.2) is 90.6 Å². The van der Waals surface area contributed by atoms with Crippen LogP contribution in [0.15, 0.2) is 0 Å². The lowest BCUT2D eigenvalue weighted by molar-refractivity contribution is -0.143. The number of methoxy groups -OCH3 is 1. The highest BCUT2D eigenvalue weighted by atomic mass is 16.5. The van der Waals surface area contributed by atoms with Gasteiger partial charge < -0.3 is 24.8 Å². The number of fused-ring (bicyclic) bond motifs is 1. The largest absolute Gasteiger partial charge is 0.383 e. The molecule has 2 saturated heterocycles. The van der Waals surface area contributed by atoms with Crippen molar-refractivity contribution in [3.05, 3.63) is 0 Å². The molecule has 0 spiro atoms. The van der Waals surface area contributed by atoms with Gasteiger partial charge in [0.1, 0.15) is 12.6 Å². The minimum absolute atomic E-state index is 0.00685. The van der Waals surface area contributed by atoms with Crippen LogP contribution < -0.4 is 5.32 Å². The average Bonchev–Trinajstić information content (AvgIpc) is 3.24. The van der Waals surface area contributed by atoms with Crippen LogP contribution in [0.3, 0.4) is 0 Å². The predicted octanol–water partition coefficient (Wildman–Crippen LogP) is 1.05. The summed E-state index contributed by atoms with van der Waals surface area (Å²) in [7, 11) is 1.62. The van der Waals surface area contributed by atoms with Crippen LogP contribution in [0.25, 0.3) is 0 Å². The third-order valence-corrected chi connectivity index (χ3v) is 5.99. The fourth-order valence-electron chi connectivity index (χ4n) is 4.66. The summed E-state index contributed by atoms with van der Waals surface area (Å²) in [6, 6.07) is -0.458. The first-order valence-electron chi connectivity index (χ1n) is 10.5. The van der Waals surface area contributed by atoms with E-state index in [-0.39, 0.29) is 36.5 Å². The molecule has 2 aliphatic heterocycles. The second-order valence-electron chi connectivity index (χ2n) is 8.70. The van der Waals surface area contributed by atoms with Gasteiger partial charge >= 0.3 is 6.03 Å². The molecule has 3 rings (SSSR count). The number of nitrogens with one attached hydrogen (secondary N) is 1. The fourth-order valence-corrected chi connectivity index (χ4v) is 4.66. The number of piperazine rings is 1. The van der Waals surface area contributed by atoms with E-state index in [2.05, 4.69) is 19.2 Å². The zero-order valence-corrected chi connectivity index (χ0v) is 17.4. The van der Waals surface area contributed by atoms with Crippen LogP contribution in [0.5, 0.6) is 0 Å². The molecule has 1 saturated carbocycles. The summed E-state index contributed by atoms with van der Waals surface area (Å²) in [5, 5.41) is 3.05. The molecule has 8 heteroatoms. The summed E-state index contributed by atoms with van der Waals surface area (Å²) in [4.78, 5) is 43.6. The van der Waals surface area contributed by atoms with Crippen LogP contribution in [0.1, 0.15) is 46.0 Å². The topological polar surface area (TPSA) is 82.2 Å². The van der Waals surface area contributed by atoms with Crippen molar-refractivity contribution in [1.29, 1.82) is 0 Å². The minimum atomic E-state index is -0.453. The molecular formula is C20H34N4O4. The average molecular weight is 395 g/mol. The maximum atomic E-state index is 13.0. The summed E-state index contributed by atoms with van der Waals surface area (Å²) in [6.07, 6.45) is 4.98. The van der Waals surface area contributed by atoms with E-state index in [0.29, 0.717) is 38.6 Å². The zero-order chi connectivity index (χ0) is 20.3. The van der Waals surface area contributed by atoms with Gasteiger partial charge in [0, 0.05) is 32.8 Å².